The van der Waals surface area contributed by atoms with Gasteiger partial charge in [-0.3, -0.25) is 0 Å². The molecule has 8 heteroatoms. The Balaban J connectivity index is 1.67. The molecule has 8 nitrogen and oxygen atoms in total. The number of rotatable bonds is 8. The van der Waals surface area contributed by atoms with Crippen molar-refractivity contribution >= 4 is 5.96 Å². The summed E-state index contributed by atoms with van der Waals surface area (Å²) in [6.45, 7) is 6.68. The number of guanidine groups is 1. The molecule has 0 radical (unpaired) electrons. The molecule has 1 spiro atoms. The monoisotopic (exact) mass is 378 g/mol. The van der Waals surface area contributed by atoms with Crippen LogP contribution in [0.1, 0.15) is 50.7 Å². The summed E-state index contributed by atoms with van der Waals surface area (Å²) in [6.07, 6.45) is 6.49. The molecule has 0 aromatic carbocycles. The first-order valence-corrected chi connectivity index (χ1v) is 10.1. The molecule has 2 unspecified atom stereocenters. The molecule has 152 valence electrons. The molecule has 0 amide bonds. The number of ether oxygens (including phenoxy) is 2. The average molecular weight is 379 g/mol. The second kappa shape index (κ2) is 9.01. The van der Waals surface area contributed by atoms with Crippen LogP contribution in [-0.2, 0) is 23.1 Å². The van der Waals surface area contributed by atoms with Gasteiger partial charge in [0.1, 0.15) is 12.4 Å². The number of hydrogen-bond donors (Lipinski definition) is 2. The number of nitrogens with one attached hydrogen (secondary N) is 2. The summed E-state index contributed by atoms with van der Waals surface area (Å²) in [6, 6.07) is 0.409. The van der Waals surface area contributed by atoms with Gasteiger partial charge in [-0.25, -0.2) is 4.99 Å². The molecule has 2 fully saturated rings. The first-order chi connectivity index (χ1) is 13.1. The molecular weight excluding hydrogens is 344 g/mol. The summed E-state index contributed by atoms with van der Waals surface area (Å²) in [4.78, 5) is 4.76. The Morgan fingerprint density at radius 3 is 2.74 bits per heavy atom. The summed E-state index contributed by atoms with van der Waals surface area (Å²) in [7, 11) is 3.68. The maximum absolute atomic E-state index is 6.03. The number of methoxy groups -OCH3 is 1. The SMILES string of the molecule is CCOC1CC(NC(=NCc2nnc(C)n2C)NCCOC)C12CCCC2. The fourth-order valence-electron chi connectivity index (χ4n) is 4.42. The zero-order chi connectivity index (χ0) is 19.3. The molecule has 0 bridgehead atoms. The molecule has 0 aliphatic heterocycles. The smallest absolute Gasteiger partial charge is 0.192 e. The van der Waals surface area contributed by atoms with Crippen LogP contribution in [0, 0.1) is 12.3 Å². The molecular formula is C19H34N6O2. The van der Waals surface area contributed by atoms with Crippen LogP contribution in [0.5, 0.6) is 0 Å². The van der Waals surface area contributed by atoms with Crippen LogP contribution in [0.2, 0.25) is 0 Å². The third-order valence-electron chi connectivity index (χ3n) is 6.16. The van der Waals surface area contributed by atoms with E-state index in [9.17, 15) is 0 Å². The van der Waals surface area contributed by atoms with Crippen molar-refractivity contribution < 1.29 is 9.47 Å². The summed E-state index contributed by atoms with van der Waals surface area (Å²) in [5.41, 5.74) is 0.265. The van der Waals surface area contributed by atoms with Gasteiger partial charge < -0.3 is 24.7 Å². The molecule has 2 N–H and O–H groups in total. The Morgan fingerprint density at radius 2 is 2.11 bits per heavy atom. The molecule has 1 heterocycles. The van der Waals surface area contributed by atoms with Crippen molar-refractivity contribution in [1.82, 2.24) is 25.4 Å². The average Bonchev–Trinajstić information content (AvgIpc) is 3.29. The molecule has 1 aromatic rings. The van der Waals surface area contributed by atoms with Crippen molar-refractivity contribution in [1.29, 1.82) is 0 Å². The predicted octanol–water partition coefficient (Wildman–Crippen LogP) is 1.54. The van der Waals surface area contributed by atoms with Crippen LogP contribution in [0.4, 0.5) is 0 Å². The summed E-state index contributed by atoms with van der Waals surface area (Å²) in [5, 5.41) is 15.4. The van der Waals surface area contributed by atoms with E-state index >= 15 is 0 Å². The number of aliphatic imine (C=N–C) groups is 1. The van der Waals surface area contributed by atoms with Gasteiger partial charge in [-0.2, -0.15) is 0 Å². The Bertz CT molecular complexity index is 638. The van der Waals surface area contributed by atoms with Crippen molar-refractivity contribution in [2.45, 2.75) is 64.6 Å². The van der Waals surface area contributed by atoms with Crippen molar-refractivity contribution in [3.63, 3.8) is 0 Å². The lowest BCUT2D eigenvalue weighted by Gasteiger charge is -2.54. The number of aromatic nitrogens is 3. The third-order valence-corrected chi connectivity index (χ3v) is 6.16. The fourth-order valence-corrected chi connectivity index (χ4v) is 4.42. The van der Waals surface area contributed by atoms with Gasteiger partial charge >= 0.3 is 0 Å². The maximum Gasteiger partial charge on any atom is 0.192 e. The molecule has 1 aromatic heterocycles. The van der Waals surface area contributed by atoms with Crippen LogP contribution in [-0.4, -0.2) is 59.7 Å². The molecule has 3 rings (SSSR count). The van der Waals surface area contributed by atoms with Crippen molar-refractivity contribution in [2.75, 3.05) is 26.9 Å². The van der Waals surface area contributed by atoms with Crippen LogP contribution in [0.3, 0.4) is 0 Å². The van der Waals surface area contributed by atoms with Crippen molar-refractivity contribution in [3.05, 3.63) is 11.6 Å². The number of hydrogen-bond acceptors (Lipinski definition) is 5. The minimum absolute atomic E-state index is 0.265. The van der Waals surface area contributed by atoms with E-state index in [4.69, 9.17) is 14.5 Å². The van der Waals surface area contributed by atoms with Crippen LogP contribution in [0.15, 0.2) is 4.99 Å². The molecule has 2 saturated carbocycles. The first kappa shape index (κ1) is 20.1. The zero-order valence-corrected chi connectivity index (χ0v) is 17.1. The largest absolute Gasteiger partial charge is 0.383 e. The lowest BCUT2D eigenvalue weighted by atomic mass is 9.60. The highest BCUT2D eigenvalue weighted by atomic mass is 16.5. The van der Waals surface area contributed by atoms with Gasteiger partial charge in [-0.05, 0) is 33.1 Å². The van der Waals surface area contributed by atoms with E-state index < -0.39 is 0 Å². The second-order valence-electron chi connectivity index (χ2n) is 7.62. The van der Waals surface area contributed by atoms with E-state index in [0.717, 1.165) is 37.2 Å². The van der Waals surface area contributed by atoms with E-state index in [1.165, 1.54) is 25.7 Å². The second-order valence-corrected chi connectivity index (χ2v) is 7.62. The Morgan fingerprint density at radius 1 is 1.33 bits per heavy atom. The summed E-state index contributed by atoms with van der Waals surface area (Å²) in [5.74, 6) is 2.57. The maximum atomic E-state index is 6.03. The highest BCUT2D eigenvalue weighted by Crippen LogP contribution is 2.54. The van der Waals surface area contributed by atoms with Crippen molar-refractivity contribution in [2.24, 2.45) is 17.5 Å². The highest BCUT2D eigenvalue weighted by Gasteiger charge is 2.56. The number of nitrogens with zero attached hydrogens (tertiary/aromatic N) is 4. The van der Waals surface area contributed by atoms with E-state index in [0.29, 0.717) is 25.3 Å². The van der Waals surface area contributed by atoms with Gasteiger partial charge in [0.05, 0.1) is 12.7 Å². The van der Waals surface area contributed by atoms with Gasteiger partial charge in [-0.1, -0.05) is 12.8 Å². The van der Waals surface area contributed by atoms with Crippen LogP contribution < -0.4 is 10.6 Å². The Kier molecular flexibility index (Phi) is 6.70. The first-order valence-electron chi connectivity index (χ1n) is 10.1. The lowest BCUT2D eigenvalue weighted by molar-refractivity contribution is -0.125. The lowest BCUT2D eigenvalue weighted by Crippen LogP contribution is -2.65. The molecule has 27 heavy (non-hydrogen) atoms. The molecule has 2 atom stereocenters. The standard InChI is InChI=1S/C19H34N6O2/c1-5-27-16-12-15(19(16)8-6-7-9-19)22-18(20-10-11-26-4)21-13-17-24-23-14(2)25(17)3/h15-16H,5-13H2,1-4H3,(H2,20,21,22). The minimum atomic E-state index is 0.265. The molecule has 0 saturated heterocycles. The van der Waals surface area contributed by atoms with E-state index in [2.05, 4.69) is 27.8 Å². The molecule has 2 aliphatic carbocycles. The summed E-state index contributed by atoms with van der Waals surface area (Å²) >= 11 is 0. The topological polar surface area (TPSA) is 85.6 Å². The minimum Gasteiger partial charge on any atom is -0.383 e. The zero-order valence-electron chi connectivity index (χ0n) is 17.1. The number of aryl methyl sites for hydroxylation is 1. The van der Waals surface area contributed by atoms with E-state index in [1.807, 2.05) is 18.5 Å². The summed E-state index contributed by atoms with van der Waals surface area (Å²) < 4.78 is 13.2. The van der Waals surface area contributed by atoms with E-state index in [-0.39, 0.29) is 5.41 Å². The predicted molar refractivity (Wildman–Crippen MR) is 105 cm³/mol. The Hall–Kier alpha value is -1.67. The van der Waals surface area contributed by atoms with Crippen molar-refractivity contribution in [3.8, 4) is 0 Å². The fraction of sp³-hybridized carbons (Fsp3) is 0.842. The van der Waals surface area contributed by atoms with Gasteiger partial charge in [0, 0.05) is 38.8 Å². The normalized spacial score (nSPS) is 24.2. The quantitative estimate of drug-likeness (QED) is 0.405. The third kappa shape index (κ3) is 4.27. The van der Waals surface area contributed by atoms with E-state index in [1.54, 1.807) is 7.11 Å². The van der Waals surface area contributed by atoms with Crippen LogP contribution >= 0.6 is 0 Å². The van der Waals surface area contributed by atoms with Gasteiger partial charge in [0.15, 0.2) is 11.8 Å². The molecule has 2 aliphatic rings. The van der Waals surface area contributed by atoms with Gasteiger partial charge in [0.25, 0.3) is 0 Å². The Labute approximate surface area is 162 Å². The van der Waals surface area contributed by atoms with Crippen LogP contribution in [0.25, 0.3) is 0 Å². The van der Waals surface area contributed by atoms with Gasteiger partial charge in [0.2, 0.25) is 0 Å². The van der Waals surface area contributed by atoms with Gasteiger partial charge in [-0.15, -0.1) is 10.2 Å². The highest BCUT2D eigenvalue weighted by molar-refractivity contribution is 5.80.